The molecule has 0 spiro atoms. The van der Waals surface area contributed by atoms with E-state index in [1.54, 1.807) is 12.1 Å². The van der Waals surface area contributed by atoms with E-state index in [9.17, 15) is 14.4 Å². The molecule has 18 heavy (non-hydrogen) atoms. The Morgan fingerprint density at radius 1 is 1.33 bits per heavy atom. The topological polar surface area (TPSA) is 81.7 Å². The fourth-order valence-corrected chi connectivity index (χ4v) is 1.55. The number of nitrogens with one attached hydrogen (secondary N) is 1. The van der Waals surface area contributed by atoms with E-state index < -0.39 is 23.3 Å². The second-order valence-corrected chi connectivity index (χ2v) is 4.01. The van der Waals surface area contributed by atoms with Gasteiger partial charge in [-0.05, 0) is 19.1 Å². The summed E-state index contributed by atoms with van der Waals surface area (Å²) < 4.78 is 5.01. The minimum atomic E-state index is -1.86. The molecule has 1 aliphatic rings. The molecule has 0 bridgehead atoms. The van der Waals surface area contributed by atoms with E-state index >= 15 is 0 Å². The average molecular weight is 249 g/mol. The fourth-order valence-electron chi connectivity index (χ4n) is 1.55. The molecule has 0 saturated carbocycles. The number of ketones is 1. The van der Waals surface area contributed by atoms with Crippen molar-refractivity contribution in [2.45, 2.75) is 19.4 Å². The van der Waals surface area contributed by atoms with Gasteiger partial charge in [-0.2, -0.15) is 0 Å². The van der Waals surface area contributed by atoms with E-state index in [0.29, 0.717) is 0 Å². The number of esters is 1. The number of para-hydroxylation sites is 1. The number of Topliss-reactive ketones (excluding diaryl/α,β-unsaturated/α-hetero) is 1. The number of hydrogen-bond donors (Lipinski definition) is 1. The predicted octanol–water partition coefficient (Wildman–Crippen LogP) is 0.615. The first-order chi connectivity index (χ1) is 8.45. The summed E-state index contributed by atoms with van der Waals surface area (Å²) in [4.78, 5) is 39.6. The Morgan fingerprint density at radius 2 is 2.00 bits per heavy atom. The van der Waals surface area contributed by atoms with Crippen molar-refractivity contribution >= 4 is 17.7 Å². The highest BCUT2D eigenvalue weighted by molar-refractivity contribution is 6.19. The zero-order valence-electron chi connectivity index (χ0n) is 9.85. The Morgan fingerprint density at radius 3 is 2.67 bits per heavy atom. The van der Waals surface area contributed by atoms with Crippen molar-refractivity contribution in [3.63, 3.8) is 0 Å². The van der Waals surface area contributed by atoms with Gasteiger partial charge in [-0.1, -0.05) is 12.1 Å². The molecule has 1 aromatic carbocycles. The Hall–Kier alpha value is -2.21. The summed E-state index contributed by atoms with van der Waals surface area (Å²) in [5.41, 5.74) is 0.366. The van der Waals surface area contributed by atoms with Crippen LogP contribution >= 0.6 is 0 Å². The molecule has 0 aliphatic carbocycles. The first-order valence-electron chi connectivity index (χ1n) is 5.26. The fraction of sp³-hybridized carbons (Fsp3) is 0.250. The number of carbonyl (C=O) groups is 3. The van der Waals surface area contributed by atoms with Gasteiger partial charge in [0, 0.05) is 6.92 Å². The van der Waals surface area contributed by atoms with E-state index in [4.69, 9.17) is 9.57 Å². The van der Waals surface area contributed by atoms with Crippen LogP contribution in [-0.4, -0.2) is 23.3 Å². The van der Waals surface area contributed by atoms with Crippen LogP contribution in [0.5, 0.6) is 5.75 Å². The first-order valence-corrected chi connectivity index (χ1v) is 5.26. The zero-order chi connectivity index (χ0) is 13.3. The van der Waals surface area contributed by atoms with Crippen molar-refractivity contribution in [2.75, 3.05) is 0 Å². The molecule has 6 heteroatoms. The van der Waals surface area contributed by atoms with Gasteiger partial charge >= 0.3 is 5.97 Å². The molecular weight excluding hydrogens is 238 g/mol. The van der Waals surface area contributed by atoms with Crippen LogP contribution in [0.2, 0.25) is 0 Å². The lowest BCUT2D eigenvalue weighted by molar-refractivity contribution is -0.167. The molecule has 1 atom stereocenters. The van der Waals surface area contributed by atoms with Crippen LogP contribution in [-0.2, 0) is 14.4 Å². The Balaban J connectivity index is 2.37. The maximum absolute atomic E-state index is 12.2. The Labute approximate surface area is 103 Å². The SMILES string of the molecule is CC(=O)NO[C@]1(C)C(=O)Oc2ccccc2C1=O. The van der Waals surface area contributed by atoms with Crippen molar-refractivity contribution in [3.05, 3.63) is 29.8 Å². The van der Waals surface area contributed by atoms with Crippen LogP contribution in [0.25, 0.3) is 0 Å². The van der Waals surface area contributed by atoms with Gasteiger partial charge in [-0.3, -0.25) is 9.59 Å². The lowest BCUT2D eigenvalue weighted by Gasteiger charge is -2.29. The maximum Gasteiger partial charge on any atom is 0.354 e. The van der Waals surface area contributed by atoms with Crippen LogP contribution in [0.4, 0.5) is 0 Å². The van der Waals surface area contributed by atoms with Crippen molar-refractivity contribution in [1.82, 2.24) is 5.48 Å². The lowest BCUT2D eigenvalue weighted by Crippen LogP contribution is -2.54. The second kappa shape index (κ2) is 4.23. The highest BCUT2D eigenvalue weighted by Crippen LogP contribution is 2.31. The average Bonchev–Trinajstić information content (AvgIpc) is 2.34. The quantitative estimate of drug-likeness (QED) is 0.359. The number of fused-ring (bicyclic) bond motifs is 1. The van der Waals surface area contributed by atoms with Gasteiger partial charge in [0.25, 0.3) is 5.60 Å². The summed E-state index contributed by atoms with van der Waals surface area (Å²) in [6.07, 6.45) is 0. The van der Waals surface area contributed by atoms with Crippen molar-refractivity contribution in [2.24, 2.45) is 0 Å². The third-order valence-electron chi connectivity index (χ3n) is 2.56. The summed E-state index contributed by atoms with van der Waals surface area (Å²) >= 11 is 0. The Kier molecular flexibility index (Phi) is 2.88. The highest BCUT2D eigenvalue weighted by Gasteiger charge is 2.50. The molecule has 0 aromatic heterocycles. The normalized spacial score (nSPS) is 22.1. The van der Waals surface area contributed by atoms with Gasteiger partial charge in [0.15, 0.2) is 0 Å². The molecule has 0 radical (unpaired) electrons. The molecule has 2 rings (SSSR count). The predicted molar refractivity (Wildman–Crippen MR) is 59.7 cm³/mol. The third kappa shape index (κ3) is 1.86. The minimum absolute atomic E-state index is 0.191. The molecule has 1 aromatic rings. The van der Waals surface area contributed by atoms with Gasteiger partial charge in [-0.25, -0.2) is 15.1 Å². The van der Waals surface area contributed by atoms with Gasteiger partial charge in [-0.15, -0.1) is 0 Å². The monoisotopic (exact) mass is 249 g/mol. The summed E-state index contributed by atoms with van der Waals surface area (Å²) in [6, 6.07) is 6.34. The van der Waals surface area contributed by atoms with Crippen LogP contribution in [0.15, 0.2) is 24.3 Å². The van der Waals surface area contributed by atoms with Gasteiger partial charge in [0.2, 0.25) is 11.7 Å². The summed E-state index contributed by atoms with van der Waals surface area (Å²) in [7, 11) is 0. The van der Waals surface area contributed by atoms with E-state index in [0.717, 1.165) is 0 Å². The van der Waals surface area contributed by atoms with Crippen LogP contribution < -0.4 is 10.2 Å². The Bertz CT molecular complexity index is 539. The number of benzene rings is 1. The molecule has 1 heterocycles. The molecule has 0 unspecified atom stereocenters. The molecule has 0 fully saturated rings. The molecule has 1 N–H and O–H groups in total. The summed E-state index contributed by atoms with van der Waals surface area (Å²) in [5, 5.41) is 0. The van der Waals surface area contributed by atoms with Crippen LogP contribution in [0, 0.1) is 0 Å². The second-order valence-electron chi connectivity index (χ2n) is 4.01. The van der Waals surface area contributed by atoms with Gasteiger partial charge < -0.3 is 4.74 Å². The van der Waals surface area contributed by atoms with Crippen molar-refractivity contribution < 1.29 is 24.0 Å². The zero-order valence-corrected chi connectivity index (χ0v) is 9.85. The van der Waals surface area contributed by atoms with Gasteiger partial charge in [0.1, 0.15) is 5.75 Å². The smallest absolute Gasteiger partial charge is 0.354 e. The van der Waals surface area contributed by atoms with E-state index in [1.807, 2.05) is 5.48 Å². The summed E-state index contributed by atoms with van der Waals surface area (Å²) in [6.45, 7) is 2.46. The number of amides is 1. The van der Waals surface area contributed by atoms with Crippen molar-refractivity contribution in [3.8, 4) is 5.75 Å². The molecule has 1 aliphatic heterocycles. The number of carbonyl (C=O) groups excluding carboxylic acids is 3. The number of ether oxygens (including phenoxy) is 1. The number of hydrogen-bond acceptors (Lipinski definition) is 5. The largest absolute Gasteiger partial charge is 0.423 e. The standard InChI is InChI=1S/C12H11NO5/c1-7(14)13-18-12(2)10(15)8-5-3-4-6-9(8)17-11(12)16/h3-6H,1-2H3,(H,13,14)/t12-/m0/s1. The lowest BCUT2D eigenvalue weighted by atomic mass is 9.92. The maximum atomic E-state index is 12.2. The number of hydroxylamine groups is 1. The third-order valence-corrected chi connectivity index (χ3v) is 2.56. The molecule has 1 amide bonds. The van der Waals surface area contributed by atoms with E-state index in [2.05, 4.69) is 0 Å². The van der Waals surface area contributed by atoms with Crippen LogP contribution in [0.3, 0.4) is 0 Å². The van der Waals surface area contributed by atoms with Crippen LogP contribution in [0.1, 0.15) is 24.2 Å². The molecular formula is C12H11NO5. The molecule has 94 valence electrons. The van der Waals surface area contributed by atoms with E-state index in [1.165, 1.54) is 26.0 Å². The summed E-state index contributed by atoms with van der Waals surface area (Å²) in [5.74, 6) is -1.74. The first kappa shape index (κ1) is 12.3. The number of rotatable bonds is 2. The molecule has 6 nitrogen and oxygen atoms in total. The van der Waals surface area contributed by atoms with Crippen molar-refractivity contribution in [1.29, 1.82) is 0 Å². The van der Waals surface area contributed by atoms with Gasteiger partial charge in [0.05, 0.1) is 5.56 Å². The van der Waals surface area contributed by atoms with E-state index in [-0.39, 0.29) is 11.3 Å². The minimum Gasteiger partial charge on any atom is -0.423 e. The molecule has 0 saturated heterocycles. The highest BCUT2D eigenvalue weighted by atomic mass is 16.7.